The molecule has 1 amide bonds. The first-order valence-corrected chi connectivity index (χ1v) is 4.76. The Balaban J connectivity index is 2.84. The Hall–Kier alpha value is -1.79. The molecular formula is C10H11F3N2O2. The summed E-state index contributed by atoms with van der Waals surface area (Å²) in [5.74, 6) is -2.06. The van der Waals surface area contributed by atoms with Crippen LogP contribution in [0, 0.1) is 13.8 Å². The van der Waals surface area contributed by atoms with Gasteiger partial charge in [-0.1, -0.05) is 0 Å². The normalized spacial score (nSPS) is 11.4. The fraction of sp³-hybridized carbons (Fsp3) is 0.400. The topological polar surface area (TPSA) is 62.0 Å². The van der Waals surface area contributed by atoms with Crippen LogP contribution in [0.1, 0.15) is 16.8 Å². The minimum atomic E-state index is -4.94. The van der Waals surface area contributed by atoms with Gasteiger partial charge in [0.2, 0.25) is 0 Å². The van der Waals surface area contributed by atoms with Crippen LogP contribution < -0.4 is 10.9 Å². The molecule has 0 aliphatic carbocycles. The van der Waals surface area contributed by atoms with Crippen molar-refractivity contribution in [3.63, 3.8) is 0 Å². The first kappa shape index (κ1) is 13.3. The molecule has 4 nitrogen and oxygen atoms in total. The number of amides is 1. The van der Waals surface area contributed by atoms with Crippen molar-refractivity contribution in [1.82, 2.24) is 10.3 Å². The molecule has 1 heterocycles. The number of aromatic nitrogens is 1. The highest BCUT2D eigenvalue weighted by Crippen LogP contribution is 2.14. The molecule has 0 atom stereocenters. The second-order valence-electron chi connectivity index (χ2n) is 3.62. The van der Waals surface area contributed by atoms with E-state index >= 15 is 0 Å². The van der Waals surface area contributed by atoms with Gasteiger partial charge in [-0.05, 0) is 25.5 Å². The van der Waals surface area contributed by atoms with E-state index < -0.39 is 24.2 Å². The maximum absolute atomic E-state index is 11.9. The van der Waals surface area contributed by atoms with E-state index in [1.165, 1.54) is 0 Å². The maximum atomic E-state index is 11.9. The van der Waals surface area contributed by atoms with Crippen molar-refractivity contribution < 1.29 is 18.0 Å². The molecule has 0 aliphatic rings. The monoisotopic (exact) mass is 248 g/mol. The Labute approximate surface area is 94.8 Å². The molecule has 0 spiro atoms. The Morgan fingerprint density at radius 2 is 2.00 bits per heavy atom. The van der Waals surface area contributed by atoms with Crippen molar-refractivity contribution in [1.29, 1.82) is 0 Å². The van der Waals surface area contributed by atoms with Gasteiger partial charge in [0.05, 0.1) is 0 Å². The standard InChI is InChI=1S/C10H11F3N2O2/c1-5-3-6(2)15-8(16)7(5)4-14-9(17)10(11,12)13/h3H,4H2,1-2H3,(H,14,17)(H,15,16). The van der Waals surface area contributed by atoms with Gasteiger partial charge in [0.25, 0.3) is 5.56 Å². The maximum Gasteiger partial charge on any atom is 0.471 e. The third-order valence-corrected chi connectivity index (χ3v) is 2.18. The van der Waals surface area contributed by atoms with Crippen molar-refractivity contribution in [2.24, 2.45) is 0 Å². The van der Waals surface area contributed by atoms with Gasteiger partial charge in [-0.2, -0.15) is 13.2 Å². The number of aryl methyl sites for hydroxylation is 2. The lowest BCUT2D eigenvalue weighted by molar-refractivity contribution is -0.173. The average molecular weight is 248 g/mol. The third-order valence-electron chi connectivity index (χ3n) is 2.18. The van der Waals surface area contributed by atoms with Gasteiger partial charge in [-0.25, -0.2) is 0 Å². The Morgan fingerprint density at radius 3 is 2.47 bits per heavy atom. The second kappa shape index (κ2) is 4.60. The van der Waals surface area contributed by atoms with E-state index in [9.17, 15) is 22.8 Å². The van der Waals surface area contributed by atoms with E-state index in [1.807, 2.05) is 0 Å². The zero-order valence-corrected chi connectivity index (χ0v) is 9.23. The first-order valence-electron chi connectivity index (χ1n) is 4.76. The van der Waals surface area contributed by atoms with E-state index in [2.05, 4.69) is 4.98 Å². The summed E-state index contributed by atoms with van der Waals surface area (Å²) >= 11 is 0. The number of aromatic amines is 1. The Bertz CT molecular complexity index is 491. The summed E-state index contributed by atoms with van der Waals surface area (Å²) in [5.41, 5.74) is 0.769. The quantitative estimate of drug-likeness (QED) is 0.825. The predicted molar refractivity (Wildman–Crippen MR) is 54.4 cm³/mol. The van der Waals surface area contributed by atoms with E-state index in [-0.39, 0.29) is 5.56 Å². The summed E-state index contributed by atoms with van der Waals surface area (Å²) < 4.78 is 35.8. The van der Waals surface area contributed by atoms with Crippen LogP contribution in [0.5, 0.6) is 0 Å². The van der Waals surface area contributed by atoms with E-state index in [0.29, 0.717) is 11.3 Å². The minimum Gasteiger partial charge on any atom is -0.344 e. The van der Waals surface area contributed by atoms with Gasteiger partial charge in [0, 0.05) is 17.8 Å². The van der Waals surface area contributed by atoms with Crippen LogP contribution >= 0.6 is 0 Å². The van der Waals surface area contributed by atoms with Crippen molar-refractivity contribution in [3.05, 3.63) is 33.2 Å². The minimum absolute atomic E-state index is 0.119. The Kier molecular flexibility index (Phi) is 3.59. The van der Waals surface area contributed by atoms with Crippen LogP contribution in [0.2, 0.25) is 0 Å². The van der Waals surface area contributed by atoms with Crippen LogP contribution in [0.25, 0.3) is 0 Å². The molecule has 2 N–H and O–H groups in total. The summed E-state index contributed by atoms with van der Waals surface area (Å²) in [6.45, 7) is 2.81. The molecule has 0 fully saturated rings. The lowest BCUT2D eigenvalue weighted by Gasteiger charge is -2.09. The summed E-state index contributed by atoms with van der Waals surface area (Å²) in [4.78, 5) is 24.5. The molecule has 7 heteroatoms. The SMILES string of the molecule is Cc1cc(C)c(CNC(=O)C(F)(F)F)c(=O)[nH]1. The largest absolute Gasteiger partial charge is 0.471 e. The van der Waals surface area contributed by atoms with Gasteiger partial charge in [-0.15, -0.1) is 0 Å². The number of nitrogens with one attached hydrogen (secondary N) is 2. The molecule has 0 unspecified atom stereocenters. The summed E-state index contributed by atoms with van der Waals surface area (Å²) in [7, 11) is 0. The fourth-order valence-electron chi connectivity index (χ4n) is 1.37. The molecular weight excluding hydrogens is 237 g/mol. The van der Waals surface area contributed by atoms with Crippen molar-refractivity contribution >= 4 is 5.91 Å². The summed E-state index contributed by atoms with van der Waals surface area (Å²) in [6, 6.07) is 1.62. The molecule has 0 aromatic carbocycles. The number of carbonyl (C=O) groups is 1. The van der Waals surface area contributed by atoms with Gasteiger partial charge in [0.1, 0.15) is 0 Å². The molecule has 1 aromatic heterocycles. The fourth-order valence-corrected chi connectivity index (χ4v) is 1.37. The number of carbonyl (C=O) groups excluding carboxylic acids is 1. The zero-order chi connectivity index (χ0) is 13.2. The van der Waals surface area contributed by atoms with Crippen molar-refractivity contribution in [2.75, 3.05) is 0 Å². The lowest BCUT2D eigenvalue weighted by atomic mass is 10.1. The van der Waals surface area contributed by atoms with Crippen LogP contribution in [-0.2, 0) is 11.3 Å². The van der Waals surface area contributed by atoms with E-state index in [4.69, 9.17) is 0 Å². The number of alkyl halides is 3. The number of H-pyrrole nitrogens is 1. The highest BCUT2D eigenvalue weighted by molar-refractivity contribution is 5.81. The Morgan fingerprint density at radius 1 is 1.41 bits per heavy atom. The predicted octanol–water partition coefficient (Wildman–Crippen LogP) is 1.17. The summed E-state index contributed by atoms with van der Waals surface area (Å²) in [6.07, 6.45) is -4.94. The van der Waals surface area contributed by atoms with Gasteiger partial charge in [-0.3, -0.25) is 9.59 Å². The molecule has 94 valence electrons. The number of hydrogen-bond donors (Lipinski definition) is 2. The molecule has 0 bridgehead atoms. The number of halogens is 3. The number of pyridine rings is 1. The van der Waals surface area contributed by atoms with Crippen LogP contribution in [0.15, 0.2) is 10.9 Å². The molecule has 0 aliphatic heterocycles. The van der Waals surface area contributed by atoms with Crippen molar-refractivity contribution in [2.45, 2.75) is 26.6 Å². The third kappa shape index (κ3) is 3.33. The van der Waals surface area contributed by atoms with Crippen LogP contribution in [0.4, 0.5) is 13.2 Å². The molecule has 0 saturated heterocycles. The van der Waals surface area contributed by atoms with Gasteiger partial charge >= 0.3 is 12.1 Å². The smallest absolute Gasteiger partial charge is 0.344 e. The average Bonchev–Trinajstić information content (AvgIpc) is 2.13. The second-order valence-corrected chi connectivity index (χ2v) is 3.62. The van der Waals surface area contributed by atoms with Crippen LogP contribution in [0.3, 0.4) is 0 Å². The number of hydrogen-bond acceptors (Lipinski definition) is 2. The molecule has 1 rings (SSSR count). The van der Waals surface area contributed by atoms with Crippen LogP contribution in [-0.4, -0.2) is 17.1 Å². The molecule has 1 aromatic rings. The lowest BCUT2D eigenvalue weighted by Crippen LogP contribution is -2.37. The highest BCUT2D eigenvalue weighted by Gasteiger charge is 2.38. The van der Waals surface area contributed by atoms with Gasteiger partial charge < -0.3 is 10.3 Å². The highest BCUT2D eigenvalue weighted by atomic mass is 19.4. The number of rotatable bonds is 2. The molecule has 0 radical (unpaired) electrons. The molecule has 0 saturated carbocycles. The van der Waals surface area contributed by atoms with E-state index in [1.54, 1.807) is 25.2 Å². The van der Waals surface area contributed by atoms with Gasteiger partial charge in [0.15, 0.2) is 0 Å². The zero-order valence-electron chi connectivity index (χ0n) is 9.23. The molecule has 17 heavy (non-hydrogen) atoms. The van der Waals surface area contributed by atoms with Crippen molar-refractivity contribution in [3.8, 4) is 0 Å². The summed E-state index contributed by atoms with van der Waals surface area (Å²) in [5, 5.41) is 1.66. The first-order chi connectivity index (χ1) is 7.71. The van der Waals surface area contributed by atoms with E-state index in [0.717, 1.165) is 0 Å².